The van der Waals surface area contributed by atoms with Crippen molar-refractivity contribution in [3.63, 3.8) is 0 Å². The first-order valence-electron chi connectivity index (χ1n) is 2.90. The van der Waals surface area contributed by atoms with Gasteiger partial charge in [-0.15, -0.1) is 16.6 Å². The lowest BCUT2D eigenvalue weighted by Gasteiger charge is -1.98. The maximum Gasteiger partial charge on any atom is 0.208 e. The lowest BCUT2D eigenvalue weighted by atomic mass is 10.3. The predicted molar refractivity (Wildman–Crippen MR) is 40.0 cm³/mol. The average Bonchev–Trinajstić information content (AvgIpc) is 1.98. The molecule has 0 aromatic carbocycles. The summed E-state index contributed by atoms with van der Waals surface area (Å²) in [5.41, 5.74) is 0. The summed E-state index contributed by atoms with van der Waals surface area (Å²) in [7, 11) is 1.49. The minimum atomic E-state index is 0.447. The van der Waals surface area contributed by atoms with E-state index in [-0.39, 0.29) is 0 Å². The molecule has 0 saturated heterocycles. The molecule has 0 amide bonds. The van der Waals surface area contributed by atoms with E-state index in [1.807, 2.05) is 0 Å². The van der Waals surface area contributed by atoms with Gasteiger partial charge in [0, 0.05) is 12.3 Å². The van der Waals surface area contributed by atoms with Crippen LogP contribution in [0.4, 0.5) is 0 Å². The summed E-state index contributed by atoms with van der Waals surface area (Å²) < 4.78 is 4.76. The van der Waals surface area contributed by atoms with Gasteiger partial charge in [-0.25, -0.2) is 0 Å². The van der Waals surface area contributed by atoms with Crippen LogP contribution in [0.2, 0.25) is 0 Å². The maximum absolute atomic E-state index is 8.12. The molecule has 0 unspecified atom stereocenters. The first-order chi connectivity index (χ1) is 4.85. The second-order valence-electron chi connectivity index (χ2n) is 1.60. The van der Waals surface area contributed by atoms with Crippen molar-refractivity contribution in [2.75, 3.05) is 13.0 Å². The number of methoxy groups -OCH3 is 1. The quantitative estimate of drug-likeness (QED) is 0.272. The summed E-state index contributed by atoms with van der Waals surface area (Å²) >= 11 is 5.41. The van der Waals surface area contributed by atoms with E-state index in [4.69, 9.17) is 21.6 Å². The third kappa shape index (κ3) is 4.16. The van der Waals surface area contributed by atoms with E-state index in [1.54, 1.807) is 6.19 Å². The molecule has 0 aliphatic heterocycles. The molecular weight excluding hydrogens is 152 g/mol. The number of hydrogen-bond acceptors (Lipinski definition) is 3. The van der Waals surface area contributed by atoms with Gasteiger partial charge < -0.3 is 4.74 Å². The standard InChI is InChI=1S/C6H9ClN2O/c1-10-6(9-5-8)3-2-4-7/h2-4H2,1H3. The van der Waals surface area contributed by atoms with Crippen LogP contribution in [0.3, 0.4) is 0 Å². The predicted octanol–water partition coefficient (Wildman–Crippen LogP) is 1.53. The summed E-state index contributed by atoms with van der Waals surface area (Å²) in [4.78, 5) is 3.42. The highest BCUT2D eigenvalue weighted by molar-refractivity contribution is 6.17. The maximum atomic E-state index is 8.12. The number of alkyl halides is 1. The van der Waals surface area contributed by atoms with E-state index in [9.17, 15) is 0 Å². The van der Waals surface area contributed by atoms with Crippen molar-refractivity contribution < 1.29 is 4.74 Å². The van der Waals surface area contributed by atoms with Gasteiger partial charge in [0.2, 0.25) is 6.19 Å². The Morgan fingerprint density at radius 1 is 1.80 bits per heavy atom. The van der Waals surface area contributed by atoms with Crippen molar-refractivity contribution >= 4 is 17.5 Å². The number of nitriles is 1. The Balaban J connectivity index is 3.63. The van der Waals surface area contributed by atoms with Crippen LogP contribution in [0, 0.1) is 11.5 Å². The largest absolute Gasteiger partial charge is 0.484 e. The third-order valence-corrected chi connectivity index (χ3v) is 1.20. The van der Waals surface area contributed by atoms with Gasteiger partial charge in [0.15, 0.2) is 5.90 Å². The Labute approximate surface area is 65.3 Å². The van der Waals surface area contributed by atoms with Crippen LogP contribution >= 0.6 is 11.6 Å². The molecule has 0 fully saturated rings. The molecule has 0 aliphatic rings. The number of rotatable bonds is 3. The van der Waals surface area contributed by atoms with E-state index in [2.05, 4.69) is 4.99 Å². The van der Waals surface area contributed by atoms with Gasteiger partial charge in [-0.1, -0.05) is 0 Å². The zero-order valence-electron chi connectivity index (χ0n) is 5.80. The lowest BCUT2D eigenvalue weighted by molar-refractivity contribution is 0.390. The summed E-state index contributed by atoms with van der Waals surface area (Å²) in [6.07, 6.45) is 3.07. The van der Waals surface area contributed by atoms with Crippen LogP contribution in [-0.2, 0) is 4.74 Å². The molecule has 0 aromatic heterocycles. The van der Waals surface area contributed by atoms with Gasteiger partial charge in [0.1, 0.15) is 0 Å². The molecule has 0 heterocycles. The number of nitrogens with zero attached hydrogens (tertiary/aromatic N) is 2. The zero-order valence-corrected chi connectivity index (χ0v) is 6.56. The fourth-order valence-electron chi connectivity index (χ4n) is 0.477. The fraction of sp³-hybridized carbons (Fsp3) is 0.667. The molecule has 4 heteroatoms. The fourth-order valence-corrected chi connectivity index (χ4v) is 0.611. The Morgan fingerprint density at radius 3 is 2.90 bits per heavy atom. The summed E-state index contributed by atoms with van der Waals surface area (Å²) in [6.45, 7) is 0. The Morgan fingerprint density at radius 2 is 2.50 bits per heavy atom. The van der Waals surface area contributed by atoms with Gasteiger partial charge in [-0.2, -0.15) is 5.26 Å². The minimum absolute atomic E-state index is 0.447. The lowest BCUT2D eigenvalue weighted by Crippen LogP contribution is -2.00. The minimum Gasteiger partial charge on any atom is -0.484 e. The molecule has 0 aliphatic carbocycles. The van der Waals surface area contributed by atoms with Crippen molar-refractivity contribution in [2.45, 2.75) is 12.8 Å². The number of hydrogen-bond donors (Lipinski definition) is 0. The van der Waals surface area contributed by atoms with Gasteiger partial charge in [0.05, 0.1) is 7.11 Å². The third-order valence-electron chi connectivity index (χ3n) is 0.935. The summed E-state index contributed by atoms with van der Waals surface area (Å²) in [6, 6.07) is 0. The topological polar surface area (TPSA) is 45.4 Å². The zero-order chi connectivity index (χ0) is 7.82. The molecule has 0 aromatic rings. The SMILES string of the molecule is COC(CCCCl)=NC#N. The van der Waals surface area contributed by atoms with E-state index >= 15 is 0 Å². The molecule has 0 N–H and O–H groups in total. The van der Waals surface area contributed by atoms with Crippen molar-refractivity contribution in [1.82, 2.24) is 0 Å². The second kappa shape index (κ2) is 6.37. The molecular formula is C6H9ClN2O. The summed E-state index contributed by atoms with van der Waals surface area (Å²) in [5, 5.41) is 8.12. The second-order valence-corrected chi connectivity index (χ2v) is 1.98. The van der Waals surface area contributed by atoms with E-state index in [1.165, 1.54) is 7.11 Å². The van der Waals surface area contributed by atoms with Gasteiger partial charge >= 0.3 is 0 Å². The van der Waals surface area contributed by atoms with E-state index in [0.29, 0.717) is 18.2 Å². The van der Waals surface area contributed by atoms with Crippen LogP contribution in [0.25, 0.3) is 0 Å². The van der Waals surface area contributed by atoms with Gasteiger partial charge in [-0.05, 0) is 6.42 Å². The highest BCUT2D eigenvalue weighted by Gasteiger charge is 1.95. The van der Waals surface area contributed by atoms with Crippen molar-refractivity contribution in [3.05, 3.63) is 0 Å². The molecule has 0 rings (SSSR count). The Hall–Kier alpha value is -0.750. The highest BCUT2D eigenvalue weighted by atomic mass is 35.5. The first kappa shape index (κ1) is 9.25. The van der Waals surface area contributed by atoms with Crippen LogP contribution in [0.1, 0.15) is 12.8 Å². The smallest absolute Gasteiger partial charge is 0.208 e. The molecule has 56 valence electrons. The molecule has 0 atom stereocenters. The van der Waals surface area contributed by atoms with E-state index in [0.717, 1.165) is 6.42 Å². The number of halogens is 1. The monoisotopic (exact) mass is 160 g/mol. The summed E-state index contributed by atoms with van der Waals surface area (Å²) in [5.74, 6) is 1.01. The molecule has 10 heavy (non-hydrogen) atoms. The van der Waals surface area contributed by atoms with Gasteiger partial charge in [-0.3, -0.25) is 0 Å². The molecule has 3 nitrogen and oxygen atoms in total. The van der Waals surface area contributed by atoms with E-state index < -0.39 is 0 Å². The highest BCUT2D eigenvalue weighted by Crippen LogP contribution is 1.95. The molecule has 0 bridgehead atoms. The molecule has 0 saturated carbocycles. The van der Waals surface area contributed by atoms with Crippen molar-refractivity contribution in [3.8, 4) is 6.19 Å². The van der Waals surface area contributed by atoms with Crippen LogP contribution in [0.5, 0.6) is 0 Å². The normalized spacial score (nSPS) is 10.7. The van der Waals surface area contributed by atoms with Crippen molar-refractivity contribution in [1.29, 1.82) is 5.26 Å². The van der Waals surface area contributed by atoms with Crippen molar-refractivity contribution in [2.24, 2.45) is 4.99 Å². The Kier molecular flexibility index (Phi) is 5.89. The van der Waals surface area contributed by atoms with Gasteiger partial charge in [0.25, 0.3) is 0 Å². The average molecular weight is 161 g/mol. The molecule has 0 spiro atoms. The van der Waals surface area contributed by atoms with Crippen LogP contribution in [-0.4, -0.2) is 18.9 Å². The van der Waals surface area contributed by atoms with Crippen LogP contribution in [0.15, 0.2) is 4.99 Å². The first-order valence-corrected chi connectivity index (χ1v) is 3.44. The number of aliphatic imine (C=N–C) groups is 1. The molecule has 0 radical (unpaired) electrons. The number of ether oxygens (including phenoxy) is 1. The Bertz CT molecular complexity index is 150. The van der Waals surface area contributed by atoms with Crippen LogP contribution < -0.4 is 0 Å².